The summed E-state index contributed by atoms with van der Waals surface area (Å²) in [7, 11) is 0. The van der Waals surface area contributed by atoms with Crippen molar-refractivity contribution in [2.75, 3.05) is 0 Å². The SMILES string of the molecule is CC(=O)O[C@@H]1Cn2c(=O)c3cc4ccccc4cc3c(=O)n2C(C)[C@H]1Br. The normalized spacial score (nSPS) is 22.3. The largest absolute Gasteiger partial charge is 0.459 e. The van der Waals surface area contributed by atoms with Crippen LogP contribution in [0.1, 0.15) is 19.9 Å². The molecule has 0 saturated heterocycles. The van der Waals surface area contributed by atoms with Gasteiger partial charge in [0.05, 0.1) is 28.2 Å². The smallest absolute Gasteiger partial charge is 0.303 e. The van der Waals surface area contributed by atoms with Gasteiger partial charge in [-0.3, -0.25) is 14.4 Å². The minimum absolute atomic E-state index is 0.136. The lowest BCUT2D eigenvalue weighted by Gasteiger charge is -2.36. The number of nitrogens with zero attached hydrogens (tertiary/aromatic N) is 2. The van der Waals surface area contributed by atoms with Crippen molar-refractivity contribution in [3.8, 4) is 0 Å². The maximum atomic E-state index is 13.1. The Hall–Kier alpha value is -2.41. The van der Waals surface area contributed by atoms with Crippen LogP contribution in [-0.2, 0) is 16.1 Å². The maximum Gasteiger partial charge on any atom is 0.303 e. The van der Waals surface area contributed by atoms with Gasteiger partial charge in [-0.05, 0) is 29.8 Å². The van der Waals surface area contributed by atoms with Crippen LogP contribution in [0.5, 0.6) is 0 Å². The molecule has 6 nitrogen and oxygen atoms in total. The molecule has 1 aromatic heterocycles. The molecular formula is C19H17BrN2O4. The van der Waals surface area contributed by atoms with E-state index in [1.807, 2.05) is 31.2 Å². The van der Waals surface area contributed by atoms with Crippen LogP contribution in [0.3, 0.4) is 0 Å². The van der Waals surface area contributed by atoms with Gasteiger partial charge in [-0.2, -0.15) is 0 Å². The maximum absolute atomic E-state index is 13.1. The number of benzene rings is 2. The summed E-state index contributed by atoms with van der Waals surface area (Å²) in [5.74, 6) is -0.415. The van der Waals surface area contributed by atoms with Crippen LogP contribution in [-0.4, -0.2) is 26.3 Å². The molecule has 2 heterocycles. The Morgan fingerprint density at radius 2 is 1.69 bits per heavy atom. The second-order valence-corrected chi connectivity index (χ2v) is 7.67. The van der Waals surface area contributed by atoms with Gasteiger partial charge in [0.1, 0.15) is 6.10 Å². The number of alkyl halides is 1. The molecule has 7 heteroatoms. The third kappa shape index (κ3) is 2.49. The third-order valence-electron chi connectivity index (χ3n) is 4.92. The highest BCUT2D eigenvalue weighted by Crippen LogP contribution is 2.28. The third-order valence-corrected chi connectivity index (χ3v) is 6.28. The molecule has 1 unspecified atom stereocenters. The van der Waals surface area contributed by atoms with Gasteiger partial charge in [-0.25, -0.2) is 9.36 Å². The lowest BCUT2D eigenvalue weighted by atomic mass is 10.0. The predicted molar refractivity (Wildman–Crippen MR) is 103 cm³/mol. The number of fused-ring (bicyclic) bond motifs is 3. The van der Waals surface area contributed by atoms with Crippen LogP contribution in [0.25, 0.3) is 21.5 Å². The molecule has 0 bridgehead atoms. The quantitative estimate of drug-likeness (QED) is 0.347. The summed E-state index contributed by atoms with van der Waals surface area (Å²) < 4.78 is 8.22. The van der Waals surface area contributed by atoms with Crippen molar-refractivity contribution >= 4 is 43.4 Å². The second-order valence-electron chi connectivity index (χ2n) is 6.61. The summed E-state index contributed by atoms with van der Waals surface area (Å²) in [5, 5.41) is 2.61. The van der Waals surface area contributed by atoms with E-state index >= 15 is 0 Å². The van der Waals surface area contributed by atoms with E-state index in [9.17, 15) is 14.4 Å². The van der Waals surface area contributed by atoms with Crippen molar-refractivity contribution in [2.24, 2.45) is 0 Å². The van der Waals surface area contributed by atoms with Crippen molar-refractivity contribution in [3.63, 3.8) is 0 Å². The van der Waals surface area contributed by atoms with E-state index in [0.29, 0.717) is 10.8 Å². The zero-order valence-electron chi connectivity index (χ0n) is 14.3. The van der Waals surface area contributed by atoms with Crippen LogP contribution in [0.4, 0.5) is 0 Å². The van der Waals surface area contributed by atoms with Crippen molar-refractivity contribution in [2.45, 2.75) is 37.4 Å². The Labute approximate surface area is 157 Å². The summed E-state index contributed by atoms with van der Waals surface area (Å²) in [6, 6.07) is 10.8. The molecule has 1 aliphatic rings. The highest BCUT2D eigenvalue weighted by atomic mass is 79.9. The Balaban J connectivity index is 2.03. The molecule has 1 aliphatic heterocycles. The van der Waals surface area contributed by atoms with Crippen LogP contribution in [0.15, 0.2) is 46.0 Å². The molecule has 26 heavy (non-hydrogen) atoms. The molecule has 3 atom stereocenters. The highest BCUT2D eigenvalue weighted by Gasteiger charge is 2.36. The molecule has 0 saturated carbocycles. The topological polar surface area (TPSA) is 70.3 Å². The summed E-state index contributed by atoms with van der Waals surface area (Å²) in [6.07, 6.45) is -0.516. The fraction of sp³-hybridized carbons (Fsp3) is 0.316. The minimum Gasteiger partial charge on any atom is -0.459 e. The number of carbonyl (C=O) groups excluding carboxylic acids is 1. The number of halogens is 1. The highest BCUT2D eigenvalue weighted by molar-refractivity contribution is 9.09. The summed E-state index contributed by atoms with van der Waals surface area (Å²) in [6.45, 7) is 3.30. The van der Waals surface area contributed by atoms with Crippen molar-refractivity contribution in [1.82, 2.24) is 9.36 Å². The fourth-order valence-electron chi connectivity index (χ4n) is 3.67. The zero-order chi connectivity index (χ0) is 18.6. The van der Waals surface area contributed by atoms with E-state index in [2.05, 4.69) is 15.9 Å². The molecule has 0 N–H and O–H groups in total. The lowest BCUT2D eigenvalue weighted by molar-refractivity contribution is -0.148. The second kappa shape index (κ2) is 6.09. The Kier molecular flexibility index (Phi) is 3.99. The first-order valence-corrected chi connectivity index (χ1v) is 9.29. The zero-order valence-corrected chi connectivity index (χ0v) is 15.9. The standard InChI is InChI=1S/C19H17BrN2O4/c1-10-17(20)16(26-11(2)23)9-21-18(24)14-7-12-5-3-4-6-13(12)8-15(14)19(25)22(10)21/h3-8,10,16-17H,9H2,1-2H3/t10?,16-,17-/m1/s1. The van der Waals surface area contributed by atoms with Gasteiger partial charge in [0, 0.05) is 6.92 Å². The number of carbonyl (C=O) groups is 1. The van der Waals surface area contributed by atoms with Gasteiger partial charge in [0.15, 0.2) is 0 Å². The van der Waals surface area contributed by atoms with E-state index in [0.717, 1.165) is 10.8 Å². The number of hydrogen-bond acceptors (Lipinski definition) is 4. The molecule has 4 rings (SSSR count). The first kappa shape index (κ1) is 17.0. The number of esters is 1. The average Bonchev–Trinajstić information content (AvgIpc) is 2.62. The molecule has 0 amide bonds. The monoisotopic (exact) mass is 416 g/mol. The molecule has 3 aromatic rings. The van der Waals surface area contributed by atoms with Gasteiger partial charge < -0.3 is 4.74 Å². The van der Waals surface area contributed by atoms with Gasteiger partial charge in [0.25, 0.3) is 11.1 Å². The van der Waals surface area contributed by atoms with Crippen LogP contribution in [0, 0.1) is 0 Å². The number of aromatic nitrogens is 2. The lowest BCUT2D eigenvalue weighted by Crippen LogP contribution is -2.52. The fourth-order valence-corrected chi connectivity index (χ4v) is 4.17. The molecule has 0 aliphatic carbocycles. The van der Waals surface area contributed by atoms with Crippen molar-refractivity contribution < 1.29 is 9.53 Å². The first-order valence-electron chi connectivity index (χ1n) is 8.38. The molecule has 0 spiro atoms. The van der Waals surface area contributed by atoms with E-state index < -0.39 is 12.1 Å². The Bertz CT molecular complexity index is 1160. The van der Waals surface area contributed by atoms with Gasteiger partial charge in [-0.1, -0.05) is 40.2 Å². The molecule has 134 valence electrons. The van der Waals surface area contributed by atoms with E-state index in [-0.39, 0.29) is 28.5 Å². The summed E-state index contributed by atoms with van der Waals surface area (Å²) >= 11 is 3.53. The van der Waals surface area contributed by atoms with E-state index in [1.165, 1.54) is 16.3 Å². The Morgan fingerprint density at radius 1 is 1.12 bits per heavy atom. The van der Waals surface area contributed by atoms with Gasteiger partial charge in [0.2, 0.25) is 0 Å². The predicted octanol–water partition coefficient (Wildman–Crippen LogP) is 2.59. The van der Waals surface area contributed by atoms with Crippen molar-refractivity contribution in [3.05, 3.63) is 57.1 Å². The van der Waals surface area contributed by atoms with Crippen LogP contribution < -0.4 is 11.1 Å². The molecule has 2 aromatic carbocycles. The first-order chi connectivity index (χ1) is 12.4. The summed E-state index contributed by atoms with van der Waals surface area (Å²) in [4.78, 5) is 37.4. The van der Waals surface area contributed by atoms with Gasteiger partial charge >= 0.3 is 5.97 Å². The number of rotatable bonds is 1. The van der Waals surface area contributed by atoms with Gasteiger partial charge in [-0.15, -0.1) is 0 Å². The van der Waals surface area contributed by atoms with E-state index in [4.69, 9.17) is 4.74 Å². The van der Waals surface area contributed by atoms with E-state index in [1.54, 1.807) is 12.1 Å². The Morgan fingerprint density at radius 3 is 2.27 bits per heavy atom. The summed E-state index contributed by atoms with van der Waals surface area (Å²) in [5.41, 5.74) is -0.475. The molecular weight excluding hydrogens is 400 g/mol. The van der Waals surface area contributed by atoms with Crippen LogP contribution in [0.2, 0.25) is 0 Å². The molecule has 0 radical (unpaired) electrons. The molecule has 0 fully saturated rings. The number of hydrogen-bond donors (Lipinski definition) is 0. The average molecular weight is 417 g/mol. The minimum atomic E-state index is -0.516. The van der Waals surface area contributed by atoms with Crippen molar-refractivity contribution in [1.29, 1.82) is 0 Å². The number of ether oxygens (including phenoxy) is 1. The van der Waals surface area contributed by atoms with Crippen LogP contribution >= 0.6 is 15.9 Å².